The van der Waals surface area contributed by atoms with E-state index in [4.69, 9.17) is 19.7 Å². The number of aliphatic carboxylic acids is 1. The van der Waals surface area contributed by atoms with Crippen molar-refractivity contribution in [1.82, 2.24) is 0 Å². The van der Waals surface area contributed by atoms with Crippen LogP contribution < -0.4 is 0 Å². The molecule has 0 aliphatic rings. The summed E-state index contributed by atoms with van der Waals surface area (Å²) in [5.74, 6) is -2.76. The monoisotopic (exact) mass is 289 g/mol. The van der Waals surface area contributed by atoms with Gasteiger partial charge in [0, 0.05) is 24.2 Å². The van der Waals surface area contributed by atoms with Crippen LogP contribution in [0.2, 0.25) is 0 Å². The molecule has 0 unspecified atom stereocenters. The van der Waals surface area contributed by atoms with E-state index in [1.165, 1.54) is 0 Å². The van der Waals surface area contributed by atoms with Crippen LogP contribution in [0.4, 0.5) is 13.2 Å². The van der Waals surface area contributed by atoms with Crippen molar-refractivity contribution in [2.24, 2.45) is 0 Å². The van der Waals surface area contributed by atoms with Crippen LogP contribution >= 0.6 is 7.82 Å². The smallest absolute Gasteiger partial charge is 0.475 e. The zero-order valence-electron chi connectivity index (χ0n) is 6.45. The first kappa shape index (κ1) is 19.5. The van der Waals surface area contributed by atoms with Crippen molar-refractivity contribution in [2.75, 3.05) is 7.11 Å². The van der Waals surface area contributed by atoms with Gasteiger partial charge in [0.05, 0.1) is 0 Å². The Hall–Kier alpha value is -0.111. The van der Waals surface area contributed by atoms with Gasteiger partial charge in [-0.25, -0.2) is 9.36 Å². The first-order valence-corrected chi connectivity index (χ1v) is 3.95. The van der Waals surface area contributed by atoms with E-state index in [1.807, 2.05) is 0 Å². The molecule has 0 fully saturated rings. The summed E-state index contributed by atoms with van der Waals surface area (Å²) in [7, 11) is -3.20. The molecule has 0 aromatic carbocycles. The molecular weight excluding hydrogens is 284 g/mol. The zero-order chi connectivity index (χ0) is 11.3. The summed E-state index contributed by atoms with van der Waals surface area (Å²) in [5.41, 5.74) is 0. The summed E-state index contributed by atoms with van der Waals surface area (Å²) in [6.07, 6.45) is -5.08. The predicted octanol–water partition coefficient (Wildman–Crippen LogP) is 0.356. The van der Waals surface area contributed by atoms with E-state index in [1.54, 1.807) is 0 Å². The molecule has 0 rings (SSSR count). The van der Waals surface area contributed by atoms with Gasteiger partial charge in [0.25, 0.3) is 0 Å². The third-order valence-electron chi connectivity index (χ3n) is 0.480. The summed E-state index contributed by atoms with van der Waals surface area (Å²) >= 11 is 0. The topological polar surface area (TPSA) is 104 Å². The molecule has 14 heavy (non-hydrogen) atoms. The van der Waals surface area contributed by atoms with Crippen molar-refractivity contribution in [3.8, 4) is 0 Å². The molecule has 6 nitrogen and oxygen atoms in total. The molecule has 3 N–H and O–H groups in total. The van der Waals surface area contributed by atoms with Gasteiger partial charge in [-0.1, -0.05) is 0 Å². The third-order valence-corrected chi connectivity index (χ3v) is 0.956. The predicted molar refractivity (Wildman–Crippen MR) is 32.7 cm³/mol. The number of hydrogen-bond donors (Lipinski definition) is 3. The van der Waals surface area contributed by atoms with E-state index in [2.05, 4.69) is 4.52 Å². The van der Waals surface area contributed by atoms with Crippen molar-refractivity contribution >= 4 is 13.8 Å². The van der Waals surface area contributed by atoms with Crippen LogP contribution in [-0.4, -0.2) is 34.1 Å². The average Bonchev–Trinajstić information content (AvgIpc) is 1.85. The van der Waals surface area contributed by atoms with E-state index in [0.29, 0.717) is 0 Å². The van der Waals surface area contributed by atoms with Crippen LogP contribution in [0.25, 0.3) is 0 Å². The Morgan fingerprint density at radius 3 is 1.50 bits per heavy atom. The Balaban J connectivity index is -0.000000163. The van der Waals surface area contributed by atoms with E-state index in [0.717, 1.165) is 7.11 Å². The summed E-state index contributed by atoms with van der Waals surface area (Å²) in [6.45, 7) is 0. The van der Waals surface area contributed by atoms with Crippen molar-refractivity contribution < 1.29 is 59.0 Å². The number of carboxylic acids is 1. The molecule has 0 spiro atoms. The number of phosphoric ester groups is 1. The van der Waals surface area contributed by atoms with Crippen LogP contribution in [-0.2, 0) is 31.0 Å². The standard InChI is InChI=1S/C2HF3O2.CH5O4P.Cu/c3-2(4,5)1(6)7;1-5-6(2,3)4;/h(H,6,7);1H3,(H2,2,3,4);. The molecule has 11 heteroatoms. The molecule has 0 aromatic rings. The number of carboxylic acid groups (broad SMARTS) is 1. The first-order chi connectivity index (χ1) is 5.50. The molecule has 0 atom stereocenters. The Labute approximate surface area is 86.8 Å². The van der Waals surface area contributed by atoms with Gasteiger partial charge in [-0.3, -0.25) is 4.52 Å². The number of alkyl halides is 3. The van der Waals surface area contributed by atoms with E-state index >= 15 is 0 Å². The van der Waals surface area contributed by atoms with Crippen molar-refractivity contribution in [2.45, 2.75) is 6.18 Å². The zero-order valence-corrected chi connectivity index (χ0v) is 8.29. The van der Waals surface area contributed by atoms with Crippen LogP contribution in [0.5, 0.6) is 0 Å². The number of halogens is 3. The minimum absolute atomic E-state index is 0. The molecule has 0 aliphatic heterocycles. The van der Waals surface area contributed by atoms with Crippen molar-refractivity contribution in [1.29, 1.82) is 0 Å². The van der Waals surface area contributed by atoms with E-state index in [9.17, 15) is 17.7 Å². The molecule has 0 heterocycles. The molecule has 0 saturated heterocycles. The summed E-state index contributed by atoms with van der Waals surface area (Å²) < 4.78 is 44.8. The molecular formula is C3H6CuF3O6P. The van der Waals surface area contributed by atoms with Gasteiger partial charge in [0.15, 0.2) is 0 Å². The van der Waals surface area contributed by atoms with Crippen LogP contribution in [0.1, 0.15) is 0 Å². The minimum Gasteiger partial charge on any atom is -0.475 e. The Bertz CT molecular complexity index is 211. The number of hydrogen-bond acceptors (Lipinski definition) is 3. The minimum atomic E-state index is -5.08. The summed E-state index contributed by atoms with van der Waals surface area (Å²) in [5, 5.41) is 7.12. The van der Waals surface area contributed by atoms with Gasteiger partial charge < -0.3 is 14.9 Å². The molecule has 91 valence electrons. The van der Waals surface area contributed by atoms with Crippen LogP contribution in [0.3, 0.4) is 0 Å². The fourth-order valence-electron chi connectivity index (χ4n) is 0. The number of carbonyl (C=O) groups is 1. The fourth-order valence-corrected chi connectivity index (χ4v) is 0. The second-order valence-corrected chi connectivity index (χ2v) is 2.82. The molecule has 0 bridgehead atoms. The maximum Gasteiger partial charge on any atom is 0.490 e. The normalized spacial score (nSPS) is 10.7. The van der Waals surface area contributed by atoms with Gasteiger partial charge in [-0.15, -0.1) is 0 Å². The number of rotatable bonds is 1. The summed E-state index contributed by atoms with van der Waals surface area (Å²) in [6, 6.07) is 0. The van der Waals surface area contributed by atoms with Crippen molar-refractivity contribution in [3.05, 3.63) is 0 Å². The van der Waals surface area contributed by atoms with Crippen molar-refractivity contribution in [3.63, 3.8) is 0 Å². The van der Waals surface area contributed by atoms with Crippen LogP contribution in [0, 0.1) is 0 Å². The third kappa shape index (κ3) is 17.8. The van der Waals surface area contributed by atoms with Gasteiger partial charge >= 0.3 is 20.0 Å². The second-order valence-electron chi connectivity index (χ2n) is 1.48. The van der Waals surface area contributed by atoms with E-state index < -0.39 is 20.0 Å². The van der Waals surface area contributed by atoms with Gasteiger partial charge in [-0.2, -0.15) is 13.2 Å². The van der Waals surface area contributed by atoms with Gasteiger partial charge in [0.2, 0.25) is 0 Å². The Morgan fingerprint density at radius 2 is 1.50 bits per heavy atom. The largest absolute Gasteiger partial charge is 0.490 e. The quantitative estimate of drug-likeness (QED) is 0.475. The SMILES string of the molecule is COP(=O)(O)O.O=C(O)C(F)(F)F.[Cu]. The fraction of sp³-hybridized carbons (Fsp3) is 0.667. The second kappa shape index (κ2) is 7.22. The number of phosphoric acid groups is 1. The van der Waals surface area contributed by atoms with E-state index in [-0.39, 0.29) is 17.1 Å². The summed E-state index contributed by atoms with van der Waals surface area (Å²) in [4.78, 5) is 24.3. The maximum atomic E-state index is 10.6. The van der Waals surface area contributed by atoms with Gasteiger partial charge in [0.1, 0.15) is 0 Å². The maximum absolute atomic E-state index is 10.6. The molecule has 0 amide bonds. The Kier molecular flexibility index (Phi) is 10.0. The molecule has 0 aromatic heterocycles. The average molecular weight is 290 g/mol. The molecule has 0 saturated carbocycles. The Morgan fingerprint density at radius 1 is 1.36 bits per heavy atom. The molecule has 1 radical (unpaired) electrons. The molecule has 0 aliphatic carbocycles. The van der Waals surface area contributed by atoms with Gasteiger partial charge in [-0.05, 0) is 0 Å². The van der Waals surface area contributed by atoms with Crippen LogP contribution in [0.15, 0.2) is 0 Å². The first-order valence-electron chi connectivity index (χ1n) is 2.42.